The number of aromatic nitrogens is 4. The van der Waals surface area contributed by atoms with Crippen molar-refractivity contribution >= 4 is 17.2 Å². The maximum Gasteiger partial charge on any atom is 0.418 e. The largest absolute Gasteiger partial charge is 0.418 e. The number of nitriles is 1. The summed E-state index contributed by atoms with van der Waals surface area (Å²) in [6.07, 6.45) is -1.19. The van der Waals surface area contributed by atoms with E-state index in [1.165, 1.54) is 45.9 Å². The molecule has 1 amide bonds. The first-order valence-electron chi connectivity index (χ1n) is 9.84. The normalized spacial score (nSPS) is 17.7. The van der Waals surface area contributed by atoms with Crippen LogP contribution in [0.3, 0.4) is 0 Å². The number of fused-ring (bicyclic) bond motifs is 1. The maximum absolute atomic E-state index is 13.6. The molecule has 2 atom stereocenters. The van der Waals surface area contributed by atoms with Gasteiger partial charge >= 0.3 is 6.18 Å². The standard InChI is InChI=1S/C22H14F4N6O/c23-16-8-14(16)17-5-6-32(30-17)13-2-3-15(22(24,25)26)18(7-13)29-21(33)19-10-28-20-4-1-12(9-27)11-31(19)20/h1-7,10-11,14,16H,8H2,(H,29,33)/t14-,16-/m0/s1. The van der Waals surface area contributed by atoms with Gasteiger partial charge in [0.05, 0.1) is 34.4 Å². The molecule has 7 nitrogen and oxygen atoms in total. The highest BCUT2D eigenvalue weighted by Crippen LogP contribution is 2.43. The average Bonchev–Trinajstić information content (AvgIpc) is 3.18. The summed E-state index contributed by atoms with van der Waals surface area (Å²) in [4.78, 5) is 16.9. The van der Waals surface area contributed by atoms with E-state index in [0.29, 0.717) is 17.8 Å². The Labute approximate surface area is 183 Å². The second-order valence-corrected chi connectivity index (χ2v) is 7.63. The summed E-state index contributed by atoms with van der Waals surface area (Å²) in [5.74, 6) is -1.13. The Kier molecular flexibility index (Phi) is 4.67. The molecule has 5 rings (SSSR count). The topological polar surface area (TPSA) is 88.0 Å². The Balaban J connectivity index is 1.51. The summed E-state index contributed by atoms with van der Waals surface area (Å²) in [6.45, 7) is 0. The lowest BCUT2D eigenvalue weighted by Crippen LogP contribution is -2.18. The van der Waals surface area contributed by atoms with Crippen molar-refractivity contribution in [2.45, 2.75) is 24.7 Å². The Morgan fingerprint density at radius 1 is 1.21 bits per heavy atom. The van der Waals surface area contributed by atoms with E-state index in [2.05, 4.69) is 15.4 Å². The van der Waals surface area contributed by atoms with Gasteiger partial charge in [-0.1, -0.05) is 0 Å². The average molecular weight is 454 g/mol. The molecule has 11 heteroatoms. The lowest BCUT2D eigenvalue weighted by molar-refractivity contribution is -0.136. The minimum atomic E-state index is -4.72. The van der Waals surface area contributed by atoms with Gasteiger partial charge in [-0.15, -0.1) is 0 Å². The van der Waals surface area contributed by atoms with Crippen LogP contribution in [0.15, 0.2) is 55.0 Å². The summed E-state index contributed by atoms with van der Waals surface area (Å²) in [5.41, 5.74) is -0.137. The van der Waals surface area contributed by atoms with Crippen LogP contribution in [0.25, 0.3) is 11.3 Å². The number of nitrogens with one attached hydrogen (secondary N) is 1. The van der Waals surface area contributed by atoms with Gasteiger partial charge in [0.2, 0.25) is 0 Å². The van der Waals surface area contributed by atoms with Crippen LogP contribution in [0, 0.1) is 11.3 Å². The second kappa shape index (κ2) is 7.44. The van der Waals surface area contributed by atoms with Gasteiger partial charge in [0.15, 0.2) is 0 Å². The highest BCUT2D eigenvalue weighted by molar-refractivity contribution is 6.04. The third-order valence-corrected chi connectivity index (χ3v) is 5.39. The Morgan fingerprint density at radius 2 is 2.00 bits per heavy atom. The summed E-state index contributed by atoms with van der Waals surface area (Å²) >= 11 is 0. The van der Waals surface area contributed by atoms with E-state index in [9.17, 15) is 22.4 Å². The predicted octanol–water partition coefficient (Wildman–Crippen LogP) is 4.49. The Morgan fingerprint density at radius 3 is 2.70 bits per heavy atom. The molecule has 1 aliphatic carbocycles. The van der Waals surface area contributed by atoms with Crippen LogP contribution in [0.4, 0.5) is 23.2 Å². The molecular weight excluding hydrogens is 440 g/mol. The van der Waals surface area contributed by atoms with Gasteiger partial charge in [0.25, 0.3) is 5.91 Å². The molecule has 1 aliphatic rings. The predicted molar refractivity (Wildman–Crippen MR) is 109 cm³/mol. The molecule has 0 radical (unpaired) electrons. The van der Waals surface area contributed by atoms with E-state index in [-0.39, 0.29) is 22.9 Å². The molecule has 1 aromatic carbocycles. The molecule has 33 heavy (non-hydrogen) atoms. The number of halogens is 4. The van der Waals surface area contributed by atoms with Crippen molar-refractivity contribution in [3.63, 3.8) is 0 Å². The molecular formula is C22H14F4N6O. The number of hydrogen-bond donors (Lipinski definition) is 1. The minimum Gasteiger partial charge on any atom is -0.320 e. The third kappa shape index (κ3) is 3.80. The molecule has 1 saturated carbocycles. The number of alkyl halides is 4. The first-order chi connectivity index (χ1) is 15.7. The zero-order chi connectivity index (χ0) is 23.3. The molecule has 0 aliphatic heterocycles. The monoisotopic (exact) mass is 454 g/mol. The zero-order valence-corrected chi connectivity index (χ0v) is 16.7. The van der Waals surface area contributed by atoms with Crippen molar-refractivity contribution in [2.75, 3.05) is 5.32 Å². The molecule has 0 saturated heterocycles. The van der Waals surface area contributed by atoms with E-state index in [1.54, 1.807) is 6.07 Å². The van der Waals surface area contributed by atoms with E-state index >= 15 is 0 Å². The Hall–Kier alpha value is -4.20. The molecule has 166 valence electrons. The number of nitrogens with zero attached hydrogens (tertiary/aromatic N) is 5. The number of carbonyl (C=O) groups excluding carboxylic acids is 1. The molecule has 0 bridgehead atoms. The number of benzene rings is 1. The van der Waals surface area contributed by atoms with Gasteiger partial charge in [0.1, 0.15) is 23.6 Å². The van der Waals surface area contributed by atoms with Crippen molar-refractivity contribution in [2.24, 2.45) is 0 Å². The first-order valence-corrected chi connectivity index (χ1v) is 9.84. The van der Waals surface area contributed by atoms with Gasteiger partial charge in [-0.2, -0.15) is 23.5 Å². The van der Waals surface area contributed by atoms with E-state index < -0.39 is 29.5 Å². The summed E-state index contributed by atoms with van der Waals surface area (Å²) in [5, 5.41) is 15.6. The molecule has 0 unspecified atom stereocenters. The second-order valence-electron chi connectivity index (χ2n) is 7.63. The lowest BCUT2D eigenvalue weighted by atomic mass is 10.1. The summed E-state index contributed by atoms with van der Waals surface area (Å²) in [7, 11) is 0. The van der Waals surface area contributed by atoms with Gasteiger partial charge in [0, 0.05) is 18.3 Å². The van der Waals surface area contributed by atoms with E-state index in [1.807, 2.05) is 6.07 Å². The smallest absolute Gasteiger partial charge is 0.320 e. The summed E-state index contributed by atoms with van der Waals surface area (Å²) in [6, 6.07) is 9.82. The van der Waals surface area contributed by atoms with E-state index in [4.69, 9.17) is 5.26 Å². The fourth-order valence-corrected chi connectivity index (χ4v) is 3.58. The van der Waals surface area contributed by atoms with Crippen molar-refractivity contribution in [3.05, 3.63) is 77.5 Å². The lowest BCUT2D eigenvalue weighted by Gasteiger charge is -2.15. The molecule has 3 aromatic heterocycles. The van der Waals surface area contributed by atoms with Crippen molar-refractivity contribution in [3.8, 4) is 11.8 Å². The van der Waals surface area contributed by atoms with Crippen LogP contribution in [-0.2, 0) is 6.18 Å². The minimum absolute atomic E-state index is 0.0373. The van der Waals surface area contributed by atoms with Crippen LogP contribution in [-0.4, -0.2) is 31.2 Å². The molecule has 3 heterocycles. The Bertz CT molecular complexity index is 1430. The van der Waals surface area contributed by atoms with Crippen molar-refractivity contribution in [1.82, 2.24) is 19.2 Å². The number of hydrogen-bond acceptors (Lipinski definition) is 4. The van der Waals surface area contributed by atoms with Crippen LogP contribution in [0.5, 0.6) is 0 Å². The van der Waals surface area contributed by atoms with Gasteiger partial charge in [-0.05, 0) is 42.8 Å². The number of imidazole rings is 1. The first kappa shape index (κ1) is 20.7. The number of carbonyl (C=O) groups is 1. The van der Waals surface area contributed by atoms with E-state index in [0.717, 1.165) is 12.1 Å². The van der Waals surface area contributed by atoms with Crippen LogP contribution in [0.1, 0.15) is 39.6 Å². The van der Waals surface area contributed by atoms with Crippen LogP contribution in [0.2, 0.25) is 0 Å². The van der Waals surface area contributed by atoms with Gasteiger partial charge in [-0.3, -0.25) is 9.20 Å². The van der Waals surface area contributed by atoms with Crippen LogP contribution < -0.4 is 5.32 Å². The highest BCUT2D eigenvalue weighted by atomic mass is 19.4. The fraction of sp³-hybridized carbons (Fsp3) is 0.182. The number of pyridine rings is 1. The van der Waals surface area contributed by atoms with Crippen LogP contribution >= 0.6 is 0 Å². The van der Waals surface area contributed by atoms with Gasteiger partial charge in [-0.25, -0.2) is 14.1 Å². The van der Waals surface area contributed by atoms with Crippen molar-refractivity contribution < 1.29 is 22.4 Å². The van der Waals surface area contributed by atoms with Gasteiger partial charge < -0.3 is 5.32 Å². The molecule has 1 N–H and O–H groups in total. The highest BCUT2D eigenvalue weighted by Gasteiger charge is 2.40. The number of rotatable bonds is 4. The SMILES string of the molecule is N#Cc1ccc2ncc(C(=O)Nc3cc(-n4ccc([C@H]5C[C@@H]5F)n4)ccc3C(F)(F)F)n2c1. The summed E-state index contributed by atoms with van der Waals surface area (Å²) < 4.78 is 56.8. The fourth-order valence-electron chi connectivity index (χ4n) is 3.58. The molecule has 4 aromatic rings. The van der Waals surface area contributed by atoms with Crippen molar-refractivity contribution in [1.29, 1.82) is 5.26 Å². The molecule has 0 spiro atoms. The quantitative estimate of drug-likeness (QED) is 0.461. The maximum atomic E-state index is 13.6. The zero-order valence-electron chi connectivity index (χ0n) is 16.7. The molecule has 1 fully saturated rings. The third-order valence-electron chi connectivity index (χ3n) is 5.39. The number of anilines is 1. The number of amides is 1.